The lowest BCUT2D eigenvalue weighted by molar-refractivity contribution is -0.129. The van der Waals surface area contributed by atoms with Crippen molar-refractivity contribution in [1.29, 1.82) is 0 Å². The van der Waals surface area contributed by atoms with Crippen LogP contribution in [0.3, 0.4) is 0 Å². The maximum absolute atomic E-state index is 12.0. The quantitative estimate of drug-likeness (QED) is 0.759. The van der Waals surface area contributed by atoms with Crippen LogP contribution in [0.25, 0.3) is 22.2 Å². The van der Waals surface area contributed by atoms with Crippen LogP contribution < -0.4 is 0 Å². The lowest BCUT2D eigenvalue weighted by atomic mass is 9.99. The fourth-order valence-electron chi connectivity index (χ4n) is 4.44. The second kappa shape index (κ2) is 6.53. The molecular formula is C21H24N4O2. The van der Waals surface area contributed by atoms with E-state index in [1.54, 1.807) is 6.92 Å². The van der Waals surface area contributed by atoms with Gasteiger partial charge in [0.05, 0.1) is 17.3 Å². The summed E-state index contributed by atoms with van der Waals surface area (Å²) in [7, 11) is 0. The molecule has 3 aromatic rings. The Kier molecular flexibility index (Phi) is 4.01. The number of carbonyl (C=O) groups is 1. The molecule has 0 atom stereocenters. The Balaban J connectivity index is 1.67. The van der Waals surface area contributed by atoms with Gasteiger partial charge in [-0.3, -0.25) is 9.48 Å². The second-order valence-corrected chi connectivity index (χ2v) is 7.50. The number of fused-ring (bicyclic) bond motifs is 2. The number of carbonyl (C=O) groups excluding carboxylic acids is 1. The van der Waals surface area contributed by atoms with E-state index >= 15 is 0 Å². The van der Waals surface area contributed by atoms with Gasteiger partial charge in [0.25, 0.3) is 0 Å². The third kappa shape index (κ3) is 2.75. The standard InChI is InChI=1S/C21H24N4O2/c1-14(26)24-10-6-19-18(13-24)21(23-25(19)16-7-11-27-12-8-16)17-4-2-3-15-5-9-22-20(15)17/h2-5,9,16,22H,6-8,10-13H2,1H3. The van der Waals surface area contributed by atoms with Gasteiger partial charge in [0.15, 0.2) is 0 Å². The number of benzene rings is 1. The molecule has 5 rings (SSSR count). The Hall–Kier alpha value is -2.60. The fourth-order valence-corrected chi connectivity index (χ4v) is 4.44. The minimum absolute atomic E-state index is 0.128. The number of para-hydroxylation sites is 1. The summed E-state index contributed by atoms with van der Waals surface area (Å²) >= 11 is 0. The summed E-state index contributed by atoms with van der Waals surface area (Å²) in [4.78, 5) is 17.3. The van der Waals surface area contributed by atoms with Crippen molar-refractivity contribution in [1.82, 2.24) is 19.7 Å². The Morgan fingerprint density at radius 3 is 2.93 bits per heavy atom. The average molecular weight is 364 g/mol. The van der Waals surface area contributed by atoms with Crippen LogP contribution >= 0.6 is 0 Å². The van der Waals surface area contributed by atoms with Crippen molar-refractivity contribution in [3.63, 3.8) is 0 Å². The van der Waals surface area contributed by atoms with Crippen LogP contribution in [0.4, 0.5) is 0 Å². The van der Waals surface area contributed by atoms with E-state index in [-0.39, 0.29) is 5.91 Å². The van der Waals surface area contributed by atoms with Gasteiger partial charge in [-0.1, -0.05) is 18.2 Å². The topological polar surface area (TPSA) is 63.2 Å². The first-order chi connectivity index (χ1) is 13.2. The zero-order valence-corrected chi connectivity index (χ0v) is 15.6. The highest BCUT2D eigenvalue weighted by Gasteiger charge is 2.30. The molecule has 6 nitrogen and oxygen atoms in total. The number of rotatable bonds is 2. The highest BCUT2D eigenvalue weighted by atomic mass is 16.5. The van der Waals surface area contributed by atoms with Gasteiger partial charge in [-0.2, -0.15) is 5.10 Å². The second-order valence-electron chi connectivity index (χ2n) is 7.50. The van der Waals surface area contributed by atoms with Crippen LogP contribution in [0.1, 0.15) is 37.1 Å². The van der Waals surface area contributed by atoms with Gasteiger partial charge < -0.3 is 14.6 Å². The molecular weight excluding hydrogens is 340 g/mol. The van der Waals surface area contributed by atoms with Gasteiger partial charge in [-0.25, -0.2) is 0 Å². The normalized spacial score (nSPS) is 18.0. The first-order valence-corrected chi connectivity index (χ1v) is 9.72. The van der Waals surface area contributed by atoms with E-state index < -0.39 is 0 Å². The Morgan fingerprint density at radius 2 is 2.11 bits per heavy atom. The summed E-state index contributed by atoms with van der Waals surface area (Å²) < 4.78 is 7.80. The number of hydrogen-bond acceptors (Lipinski definition) is 3. The molecule has 1 saturated heterocycles. The van der Waals surface area contributed by atoms with Crippen molar-refractivity contribution in [3.05, 3.63) is 41.7 Å². The number of aromatic amines is 1. The predicted octanol–water partition coefficient (Wildman–Crippen LogP) is 3.29. The molecule has 0 saturated carbocycles. The maximum atomic E-state index is 12.0. The summed E-state index contributed by atoms with van der Waals surface area (Å²) in [5.74, 6) is 0.128. The number of H-pyrrole nitrogens is 1. The number of aromatic nitrogens is 3. The lowest BCUT2D eigenvalue weighted by Gasteiger charge is -2.29. The van der Waals surface area contributed by atoms with Gasteiger partial charge in [0.2, 0.25) is 5.91 Å². The van der Waals surface area contributed by atoms with Crippen molar-refractivity contribution < 1.29 is 9.53 Å². The van der Waals surface area contributed by atoms with Crippen molar-refractivity contribution in [2.24, 2.45) is 0 Å². The molecule has 0 aliphatic carbocycles. The summed E-state index contributed by atoms with van der Waals surface area (Å²) in [6.07, 6.45) is 4.82. The van der Waals surface area contributed by atoms with Crippen LogP contribution in [0.15, 0.2) is 30.5 Å². The average Bonchev–Trinajstić information content (AvgIpc) is 3.32. The number of hydrogen-bond donors (Lipinski definition) is 1. The van der Waals surface area contributed by atoms with Crippen LogP contribution in [0.2, 0.25) is 0 Å². The molecule has 0 bridgehead atoms. The molecule has 1 N–H and O–H groups in total. The number of amides is 1. The molecule has 2 aliphatic heterocycles. The van der Waals surface area contributed by atoms with Gasteiger partial charge in [0, 0.05) is 68.1 Å². The van der Waals surface area contributed by atoms with E-state index in [9.17, 15) is 4.79 Å². The molecule has 1 fully saturated rings. The number of nitrogens with one attached hydrogen (secondary N) is 1. The van der Waals surface area contributed by atoms with E-state index in [1.165, 1.54) is 16.6 Å². The van der Waals surface area contributed by atoms with E-state index in [0.717, 1.165) is 55.8 Å². The monoisotopic (exact) mass is 364 g/mol. The fraction of sp³-hybridized carbons (Fsp3) is 0.429. The van der Waals surface area contributed by atoms with E-state index in [1.807, 2.05) is 11.1 Å². The molecule has 6 heteroatoms. The molecule has 140 valence electrons. The molecule has 4 heterocycles. The van der Waals surface area contributed by atoms with Gasteiger partial charge >= 0.3 is 0 Å². The highest BCUT2D eigenvalue weighted by molar-refractivity contribution is 5.94. The number of nitrogens with zero attached hydrogens (tertiary/aromatic N) is 3. The predicted molar refractivity (Wildman–Crippen MR) is 103 cm³/mol. The van der Waals surface area contributed by atoms with Gasteiger partial charge in [-0.05, 0) is 18.9 Å². The SMILES string of the molecule is CC(=O)N1CCc2c(c(-c3cccc4cc[nH]c34)nn2C2CCOCC2)C1. The molecule has 0 radical (unpaired) electrons. The molecule has 2 aromatic heterocycles. The third-order valence-corrected chi connectivity index (χ3v) is 5.91. The minimum Gasteiger partial charge on any atom is -0.381 e. The van der Waals surface area contributed by atoms with E-state index in [2.05, 4.69) is 33.9 Å². The molecule has 1 amide bonds. The van der Waals surface area contributed by atoms with Crippen LogP contribution in [-0.4, -0.2) is 45.3 Å². The Labute approximate surface area is 158 Å². The first kappa shape index (κ1) is 16.6. The van der Waals surface area contributed by atoms with E-state index in [0.29, 0.717) is 12.6 Å². The van der Waals surface area contributed by atoms with Gasteiger partial charge in [0.1, 0.15) is 0 Å². The van der Waals surface area contributed by atoms with Crippen LogP contribution in [-0.2, 0) is 22.5 Å². The zero-order chi connectivity index (χ0) is 18.4. The molecule has 2 aliphatic rings. The molecule has 0 unspecified atom stereocenters. The lowest BCUT2D eigenvalue weighted by Crippen LogP contribution is -2.35. The summed E-state index contributed by atoms with van der Waals surface area (Å²) in [5.41, 5.74) is 5.72. The molecule has 27 heavy (non-hydrogen) atoms. The van der Waals surface area contributed by atoms with Crippen molar-refractivity contribution in [2.75, 3.05) is 19.8 Å². The third-order valence-electron chi connectivity index (χ3n) is 5.91. The highest BCUT2D eigenvalue weighted by Crippen LogP contribution is 2.36. The first-order valence-electron chi connectivity index (χ1n) is 9.72. The molecule has 0 spiro atoms. The Morgan fingerprint density at radius 1 is 1.26 bits per heavy atom. The zero-order valence-electron chi connectivity index (χ0n) is 15.6. The van der Waals surface area contributed by atoms with Crippen molar-refractivity contribution in [3.8, 4) is 11.3 Å². The van der Waals surface area contributed by atoms with Crippen LogP contribution in [0.5, 0.6) is 0 Å². The van der Waals surface area contributed by atoms with Crippen molar-refractivity contribution in [2.45, 2.75) is 38.8 Å². The largest absolute Gasteiger partial charge is 0.381 e. The van der Waals surface area contributed by atoms with Crippen molar-refractivity contribution >= 4 is 16.8 Å². The maximum Gasteiger partial charge on any atom is 0.219 e. The Bertz CT molecular complexity index is 997. The van der Waals surface area contributed by atoms with Crippen LogP contribution in [0, 0.1) is 0 Å². The van der Waals surface area contributed by atoms with E-state index in [4.69, 9.17) is 9.84 Å². The smallest absolute Gasteiger partial charge is 0.219 e. The number of ether oxygens (including phenoxy) is 1. The minimum atomic E-state index is 0.128. The summed E-state index contributed by atoms with van der Waals surface area (Å²) in [6, 6.07) is 8.79. The summed E-state index contributed by atoms with van der Waals surface area (Å²) in [6.45, 7) is 4.64. The molecule has 1 aromatic carbocycles. The summed E-state index contributed by atoms with van der Waals surface area (Å²) in [5, 5.41) is 6.29. The van der Waals surface area contributed by atoms with Gasteiger partial charge in [-0.15, -0.1) is 0 Å².